The second kappa shape index (κ2) is 11.2. The molecule has 2 fully saturated rings. The number of anilines is 3. The van der Waals surface area contributed by atoms with E-state index in [4.69, 9.17) is 31.0 Å². The number of furan rings is 1. The molecule has 0 unspecified atom stereocenters. The molecular weight excluding hydrogens is 554 g/mol. The van der Waals surface area contributed by atoms with E-state index < -0.39 is 5.91 Å². The maximum Gasteiger partial charge on any atom is 0.294 e. The Hall–Kier alpha value is -4.49. The fraction of sp³-hybridized carbons (Fsp3) is 0.333. The number of carbonyl (C=O) groups is 3. The Labute approximate surface area is 238 Å². The van der Waals surface area contributed by atoms with E-state index in [1.807, 2.05) is 4.90 Å². The number of nitrogen functional groups attached to an aromatic ring is 1. The molecule has 0 aromatic carbocycles. The van der Waals surface area contributed by atoms with Crippen LogP contribution in [0.5, 0.6) is 0 Å². The van der Waals surface area contributed by atoms with Crippen LogP contribution >= 0.6 is 11.6 Å². The maximum atomic E-state index is 13.5. The zero-order valence-corrected chi connectivity index (χ0v) is 22.5. The van der Waals surface area contributed by atoms with Crippen LogP contribution in [0.3, 0.4) is 0 Å². The van der Waals surface area contributed by atoms with E-state index in [9.17, 15) is 14.4 Å². The second-order valence-electron chi connectivity index (χ2n) is 9.91. The van der Waals surface area contributed by atoms with E-state index in [2.05, 4.69) is 25.8 Å². The number of rotatable bonds is 6. The van der Waals surface area contributed by atoms with E-state index >= 15 is 0 Å². The summed E-state index contributed by atoms with van der Waals surface area (Å²) in [6.07, 6.45) is 5.32. The number of aromatic nitrogens is 3. The van der Waals surface area contributed by atoms with Gasteiger partial charge in [-0.1, -0.05) is 16.8 Å². The summed E-state index contributed by atoms with van der Waals surface area (Å²) in [6, 6.07) is 6.49. The molecule has 0 atom stereocenters. The standard InChI is InChI=1S/C27H26ClN7O6/c28-15-3-8-20(30-11-15)32-27(38)24-23(22-19(41-24)7-6-18(31-22)17-12-40-34-25(17)29)33-26(37)14-1-4-16(5-2-14)35-9-10-39-13-21(35)36/h3,6-8,11-12,14,16H,1-2,4-5,9-10,13H2,(H2,29,34)(H,33,37)(H,30,32,38). The molecule has 13 nitrogen and oxygen atoms in total. The number of morpholine rings is 1. The van der Waals surface area contributed by atoms with Crippen LogP contribution in [0, 0.1) is 5.92 Å². The molecule has 212 valence electrons. The van der Waals surface area contributed by atoms with Crippen LogP contribution in [-0.4, -0.2) is 63.5 Å². The highest BCUT2D eigenvalue weighted by Gasteiger charge is 2.34. The predicted molar refractivity (Wildman–Crippen MR) is 148 cm³/mol. The topological polar surface area (TPSA) is 179 Å². The first-order chi connectivity index (χ1) is 19.9. The van der Waals surface area contributed by atoms with Crippen molar-refractivity contribution in [3.05, 3.63) is 47.5 Å². The van der Waals surface area contributed by atoms with E-state index in [1.165, 1.54) is 12.5 Å². The summed E-state index contributed by atoms with van der Waals surface area (Å²) >= 11 is 5.91. The van der Waals surface area contributed by atoms with Gasteiger partial charge in [0, 0.05) is 24.7 Å². The fourth-order valence-corrected chi connectivity index (χ4v) is 5.36. The van der Waals surface area contributed by atoms with Crippen molar-refractivity contribution in [3.63, 3.8) is 0 Å². The van der Waals surface area contributed by atoms with Crippen LogP contribution in [0.4, 0.5) is 17.3 Å². The third kappa shape index (κ3) is 5.45. The van der Waals surface area contributed by atoms with Gasteiger partial charge in [-0.25, -0.2) is 9.97 Å². The Bertz CT molecular complexity index is 1610. The van der Waals surface area contributed by atoms with E-state index in [1.54, 1.807) is 24.3 Å². The van der Waals surface area contributed by atoms with Crippen molar-refractivity contribution < 1.29 is 28.1 Å². The van der Waals surface area contributed by atoms with Crippen LogP contribution in [0.2, 0.25) is 5.02 Å². The van der Waals surface area contributed by atoms with Gasteiger partial charge in [-0.2, -0.15) is 0 Å². The molecule has 0 bridgehead atoms. The Morgan fingerprint density at radius 3 is 2.63 bits per heavy atom. The van der Waals surface area contributed by atoms with Crippen LogP contribution in [0.25, 0.3) is 22.4 Å². The molecule has 41 heavy (non-hydrogen) atoms. The fourth-order valence-electron chi connectivity index (χ4n) is 5.25. The molecule has 1 aliphatic carbocycles. The molecule has 0 radical (unpaired) electrons. The molecule has 4 aromatic heterocycles. The van der Waals surface area contributed by atoms with Gasteiger partial charge < -0.3 is 34.9 Å². The van der Waals surface area contributed by atoms with Gasteiger partial charge in [-0.3, -0.25) is 14.4 Å². The van der Waals surface area contributed by atoms with Crippen molar-refractivity contribution in [3.8, 4) is 11.3 Å². The van der Waals surface area contributed by atoms with Gasteiger partial charge in [0.15, 0.2) is 11.4 Å². The largest absolute Gasteiger partial charge is 0.447 e. The summed E-state index contributed by atoms with van der Waals surface area (Å²) in [7, 11) is 0. The first kappa shape index (κ1) is 26.7. The number of amides is 3. The maximum absolute atomic E-state index is 13.5. The van der Waals surface area contributed by atoms with Crippen molar-refractivity contribution >= 4 is 57.7 Å². The summed E-state index contributed by atoms with van der Waals surface area (Å²) in [5, 5.41) is 9.67. The molecular formula is C27H26ClN7O6. The zero-order valence-electron chi connectivity index (χ0n) is 21.8. The van der Waals surface area contributed by atoms with E-state index in [0.717, 1.165) is 0 Å². The van der Waals surface area contributed by atoms with Gasteiger partial charge >= 0.3 is 0 Å². The van der Waals surface area contributed by atoms with Crippen LogP contribution < -0.4 is 16.4 Å². The van der Waals surface area contributed by atoms with Crippen molar-refractivity contribution in [2.75, 3.05) is 36.1 Å². The highest BCUT2D eigenvalue weighted by atomic mass is 35.5. The quantitative estimate of drug-likeness (QED) is 0.305. The van der Waals surface area contributed by atoms with Crippen LogP contribution in [-0.2, 0) is 14.3 Å². The minimum absolute atomic E-state index is 0.0183. The normalized spacial score (nSPS) is 19.3. The van der Waals surface area contributed by atoms with Crippen molar-refractivity contribution in [1.82, 2.24) is 20.0 Å². The molecule has 0 spiro atoms. The summed E-state index contributed by atoms with van der Waals surface area (Å²) in [6.45, 7) is 1.18. The number of halogens is 1. The van der Waals surface area contributed by atoms with Crippen molar-refractivity contribution in [1.29, 1.82) is 0 Å². The number of hydrogen-bond acceptors (Lipinski definition) is 10. The minimum atomic E-state index is -0.631. The Balaban J connectivity index is 1.27. The van der Waals surface area contributed by atoms with Crippen molar-refractivity contribution in [2.24, 2.45) is 5.92 Å². The SMILES string of the molecule is Nc1nocc1-c1ccc2oc(C(=O)Nc3ccc(Cl)cn3)c(NC(=O)C3CCC(N4CCOCC4=O)CC3)c2n1. The number of nitrogens with two attached hydrogens (primary N) is 1. The summed E-state index contributed by atoms with van der Waals surface area (Å²) in [5.74, 6) is -0.982. The van der Waals surface area contributed by atoms with Gasteiger partial charge in [0.2, 0.25) is 17.6 Å². The average molecular weight is 580 g/mol. The number of hydrogen-bond donors (Lipinski definition) is 3. The summed E-state index contributed by atoms with van der Waals surface area (Å²) in [5.41, 5.74) is 7.45. The van der Waals surface area contributed by atoms with Gasteiger partial charge in [0.25, 0.3) is 5.91 Å². The second-order valence-corrected chi connectivity index (χ2v) is 10.3. The van der Waals surface area contributed by atoms with Gasteiger partial charge in [0.05, 0.1) is 22.9 Å². The minimum Gasteiger partial charge on any atom is -0.447 e. The first-order valence-corrected chi connectivity index (χ1v) is 13.5. The van der Waals surface area contributed by atoms with Gasteiger partial charge in [0.1, 0.15) is 29.9 Å². The molecule has 5 heterocycles. The monoisotopic (exact) mass is 579 g/mol. The number of nitrogens with one attached hydrogen (secondary N) is 2. The van der Waals surface area contributed by atoms with Crippen molar-refractivity contribution in [2.45, 2.75) is 31.7 Å². The zero-order chi connectivity index (χ0) is 28.5. The Morgan fingerprint density at radius 1 is 1.10 bits per heavy atom. The third-order valence-corrected chi connectivity index (χ3v) is 7.59. The molecule has 1 saturated heterocycles. The molecule has 6 rings (SSSR count). The lowest BCUT2D eigenvalue weighted by Gasteiger charge is -2.38. The predicted octanol–water partition coefficient (Wildman–Crippen LogP) is 3.72. The molecule has 1 aliphatic heterocycles. The van der Waals surface area contributed by atoms with E-state index in [0.29, 0.717) is 55.1 Å². The summed E-state index contributed by atoms with van der Waals surface area (Å²) in [4.78, 5) is 49.7. The number of carbonyl (C=O) groups excluding carboxylic acids is 3. The number of ether oxygens (including phenoxy) is 1. The molecule has 2 aliphatic rings. The number of nitrogens with zero attached hydrogens (tertiary/aromatic N) is 4. The van der Waals surface area contributed by atoms with Gasteiger partial charge in [-0.05, 0) is 49.9 Å². The lowest BCUT2D eigenvalue weighted by molar-refractivity contribution is -0.146. The highest BCUT2D eigenvalue weighted by Crippen LogP contribution is 2.35. The Morgan fingerprint density at radius 2 is 1.93 bits per heavy atom. The average Bonchev–Trinajstić information content (AvgIpc) is 3.57. The number of fused-ring (bicyclic) bond motifs is 1. The molecule has 1 saturated carbocycles. The first-order valence-electron chi connectivity index (χ1n) is 13.1. The molecule has 14 heteroatoms. The smallest absolute Gasteiger partial charge is 0.294 e. The molecule has 4 aromatic rings. The number of pyridine rings is 2. The third-order valence-electron chi connectivity index (χ3n) is 7.36. The lowest BCUT2D eigenvalue weighted by Crippen LogP contribution is -2.49. The van der Waals surface area contributed by atoms with Crippen LogP contribution in [0.15, 0.2) is 45.7 Å². The molecule has 4 N–H and O–H groups in total. The van der Waals surface area contributed by atoms with Gasteiger partial charge in [-0.15, -0.1) is 0 Å². The molecule has 3 amide bonds. The highest BCUT2D eigenvalue weighted by molar-refractivity contribution is 6.30. The summed E-state index contributed by atoms with van der Waals surface area (Å²) < 4.78 is 16.1. The Kier molecular flexibility index (Phi) is 7.28. The van der Waals surface area contributed by atoms with E-state index in [-0.39, 0.29) is 64.6 Å². The lowest BCUT2D eigenvalue weighted by atomic mass is 9.84. The van der Waals surface area contributed by atoms with Crippen LogP contribution in [0.1, 0.15) is 36.2 Å².